The lowest BCUT2D eigenvalue weighted by Crippen LogP contribution is -2.18. The molecule has 0 spiro atoms. The fourth-order valence-electron chi connectivity index (χ4n) is 3.14. The molecule has 0 saturated heterocycles. The molecule has 6 nitrogen and oxygen atoms in total. The normalized spacial score (nSPS) is 10.8. The maximum atomic E-state index is 14.1. The Morgan fingerprint density at radius 1 is 1.00 bits per heavy atom. The first kappa shape index (κ1) is 21.2. The van der Waals surface area contributed by atoms with E-state index in [4.69, 9.17) is 4.74 Å². The summed E-state index contributed by atoms with van der Waals surface area (Å²) in [6.45, 7) is 0.564. The van der Waals surface area contributed by atoms with E-state index >= 15 is 0 Å². The van der Waals surface area contributed by atoms with E-state index < -0.39 is 11.6 Å². The van der Waals surface area contributed by atoms with Crippen LogP contribution in [-0.4, -0.2) is 21.6 Å². The van der Waals surface area contributed by atoms with Crippen molar-refractivity contribution < 1.29 is 13.5 Å². The van der Waals surface area contributed by atoms with E-state index in [0.717, 1.165) is 17.7 Å². The molecule has 0 aliphatic heterocycles. The maximum absolute atomic E-state index is 14.1. The third kappa shape index (κ3) is 4.80. The highest BCUT2D eigenvalue weighted by Crippen LogP contribution is 2.28. The highest BCUT2D eigenvalue weighted by atomic mass is 19.1. The molecule has 0 N–H and O–H groups in total. The van der Waals surface area contributed by atoms with Crippen molar-refractivity contribution in [1.29, 1.82) is 0 Å². The van der Waals surface area contributed by atoms with Gasteiger partial charge in [-0.1, -0.05) is 30.3 Å². The minimum absolute atomic E-state index is 0.100. The van der Waals surface area contributed by atoms with Crippen LogP contribution in [0.1, 0.15) is 5.56 Å². The fourth-order valence-corrected chi connectivity index (χ4v) is 3.14. The molecule has 162 valence electrons. The van der Waals surface area contributed by atoms with E-state index in [1.807, 2.05) is 42.3 Å². The summed E-state index contributed by atoms with van der Waals surface area (Å²) in [6, 6.07) is 17.6. The van der Waals surface area contributed by atoms with Crippen LogP contribution in [0.2, 0.25) is 0 Å². The molecule has 32 heavy (non-hydrogen) atoms. The second-order valence-corrected chi connectivity index (χ2v) is 7.28. The van der Waals surface area contributed by atoms with E-state index in [-0.39, 0.29) is 17.3 Å². The van der Waals surface area contributed by atoms with Crippen LogP contribution >= 0.6 is 0 Å². The Hall–Kier alpha value is -4.07. The van der Waals surface area contributed by atoms with Gasteiger partial charge in [-0.25, -0.2) is 8.78 Å². The van der Waals surface area contributed by atoms with Crippen molar-refractivity contribution >= 4 is 5.82 Å². The summed E-state index contributed by atoms with van der Waals surface area (Å²) >= 11 is 0. The molecule has 2 aromatic heterocycles. The molecule has 0 aliphatic carbocycles. The standard InChI is InChI=1S/C24H20F2N4O2/c1-29(14-16-6-4-3-5-7-16)22-13-20(17-8-11-23(31)30(2)15-17)27-24(28-22)32-21-10-9-18(25)12-19(21)26/h3-13,15H,14H2,1-2H3. The number of hydrogen-bond donors (Lipinski definition) is 0. The van der Waals surface area contributed by atoms with Crippen molar-refractivity contribution in [3.8, 4) is 23.0 Å². The lowest BCUT2D eigenvalue weighted by Gasteiger charge is -2.20. The molecule has 0 fully saturated rings. The highest BCUT2D eigenvalue weighted by Gasteiger charge is 2.15. The second-order valence-electron chi connectivity index (χ2n) is 7.28. The van der Waals surface area contributed by atoms with Gasteiger partial charge in [-0.2, -0.15) is 9.97 Å². The van der Waals surface area contributed by atoms with Gasteiger partial charge in [0.05, 0.1) is 5.69 Å². The van der Waals surface area contributed by atoms with Crippen LogP contribution in [0.25, 0.3) is 11.3 Å². The molecular weight excluding hydrogens is 414 g/mol. The Balaban J connectivity index is 1.75. The SMILES string of the molecule is CN(Cc1ccccc1)c1cc(-c2ccc(=O)n(C)c2)nc(Oc2ccc(F)cc2F)n1. The van der Waals surface area contributed by atoms with E-state index in [1.165, 1.54) is 16.7 Å². The smallest absolute Gasteiger partial charge is 0.324 e. The average molecular weight is 434 g/mol. The van der Waals surface area contributed by atoms with Crippen LogP contribution in [-0.2, 0) is 13.6 Å². The van der Waals surface area contributed by atoms with Crippen LogP contribution < -0.4 is 15.2 Å². The average Bonchev–Trinajstić information content (AvgIpc) is 2.78. The van der Waals surface area contributed by atoms with Crippen LogP contribution in [0.5, 0.6) is 11.8 Å². The van der Waals surface area contributed by atoms with Crippen molar-refractivity contribution in [2.24, 2.45) is 7.05 Å². The minimum Gasteiger partial charge on any atom is -0.421 e. The first-order valence-electron chi connectivity index (χ1n) is 9.83. The van der Waals surface area contributed by atoms with Gasteiger partial charge in [0.15, 0.2) is 11.6 Å². The monoisotopic (exact) mass is 434 g/mol. The fraction of sp³-hybridized carbons (Fsp3) is 0.125. The Kier molecular flexibility index (Phi) is 5.93. The lowest BCUT2D eigenvalue weighted by molar-refractivity contribution is 0.408. The molecule has 0 amide bonds. The number of halogens is 2. The van der Waals surface area contributed by atoms with Gasteiger partial charge in [-0.05, 0) is 23.8 Å². The quantitative estimate of drug-likeness (QED) is 0.446. The summed E-state index contributed by atoms with van der Waals surface area (Å²) in [5.41, 5.74) is 2.06. The molecular formula is C24H20F2N4O2. The van der Waals surface area contributed by atoms with Crippen LogP contribution in [0.4, 0.5) is 14.6 Å². The van der Waals surface area contributed by atoms with Gasteiger partial charge in [-0.3, -0.25) is 4.79 Å². The van der Waals surface area contributed by atoms with Gasteiger partial charge in [-0.15, -0.1) is 0 Å². The summed E-state index contributed by atoms with van der Waals surface area (Å²) in [4.78, 5) is 22.5. The zero-order valence-corrected chi connectivity index (χ0v) is 17.5. The molecule has 2 aromatic carbocycles. The van der Waals surface area contributed by atoms with Crippen molar-refractivity contribution in [1.82, 2.24) is 14.5 Å². The summed E-state index contributed by atoms with van der Waals surface area (Å²) < 4.78 is 34.4. The maximum Gasteiger partial charge on any atom is 0.324 e. The molecule has 2 heterocycles. The lowest BCUT2D eigenvalue weighted by atomic mass is 10.2. The van der Waals surface area contributed by atoms with Crippen LogP contribution in [0.3, 0.4) is 0 Å². The third-order valence-corrected chi connectivity index (χ3v) is 4.82. The molecule has 4 aromatic rings. The molecule has 0 bridgehead atoms. The molecule has 0 saturated carbocycles. The van der Waals surface area contributed by atoms with Crippen LogP contribution in [0, 0.1) is 11.6 Å². The predicted octanol–water partition coefficient (Wildman–Crippen LogP) is 4.55. The van der Waals surface area contributed by atoms with Crippen molar-refractivity contribution in [2.75, 3.05) is 11.9 Å². The predicted molar refractivity (Wildman–Crippen MR) is 118 cm³/mol. The topological polar surface area (TPSA) is 60.2 Å². The molecule has 0 atom stereocenters. The number of ether oxygens (including phenoxy) is 1. The highest BCUT2D eigenvalue weighted by molar-refractivity contribution is 5.62. The van der Waals surface area contributed by atoms with Crippen LogP contribution in [0.15, 0.2) is 77.7 Å². The first-order valence-corrected chi connectivity index (χ1v) is 9.83. The van der Waals surface area contributed by atoms with Gasteiger partial charge in [0.2, 0.25) is 5.56 Å². The summed E-state index contributed by atoms with van der Waals surface area (Å²) in [6.07, 6.45) is 1.65. The van der Waals surface area contributed by atoms with Crippen molar-refractivity contribution in [2.45, 2.75) is 6.54 Å². The third-order valence-electron chi connectivity index (χ3n) is 4.82. The molecule has 4 rings (SSSR count). The Morgan fingerprint density at radius 2 is 1.78 bits per heavy atom. The largest absolute Gasteiger partial charge is 0.421 e. The number of nitrogens with zero attached hydrogens (tertiary/aromatic N) is 4. The van der Waals surface area contributed by atoms with E-state index in [1.54, 1.807) is 25.4 Å². The number of aromatic nitrogens is 3. The Morgan fingerprint density at radius 3 is 2.50 bits per heavy atom. The van der Waals surface area contributed by atoms with E-state index in [9.17, 15) is 13.6 Å². The number of pyridine rings is 1. The number of hydrogen-bond acceptors (Lipinski definition) is 5. The summed E-state index contributed by atoms with van der Waals surface area (Å²) in [5, 5.41) is 0. The summed E-state index contributed by atoms with van der Waals surface area (Å²) in [7, 11) is 3.50. The molecule has 8 heteroatoms. The van der Waals surface area contributed by atoms with E-state index in [0.29, 0.717) is 23.6 Å². The summed E-state index contributed by atoms with van der Waals surface area (Å²) in [5.74, 6) is -1.23. The van der Waals surface area contributed by atoms with Gasteiger partial charge in [0.25, 0.3) is 0 Å². The zero-order chi connectivity index (χ0) is 22.7. The number of rotatable bonds is 6. The van der Waals surface area contributed by atoms with Crippen molar-refractivity contribution in [3.63, 3.8) is 0 Å². The number of aryl methyl sites for hydroxylation is 1. The number of anilines is 1. The molecule has 0 radical (unpaired) electrons. The van der Waals surface area contributed by atoms with Crippen molar-refractivity contribution in [3.05, 3.63) is 100 Å². The molecule has 0 unspecified atom stereocenters. The zero-order valence-electron chi connectivity index (χ0n) is 17.5. The Bertz CT molecular complexity index is 1310. The Labute approximate surface area is 183 Å². The van der Waals surface area contributed by atoms with Gasteiger partial charge >= 0.3 is 6.01 Å². The molecule has 0 aliphatic rings. The van der Waals surface area contributed by atoms with Gasteiger partial charge < -0.3 is 14.2 Å². The minimum atomic E-state index is -0.861. The number of benzene rings is 2. The van der Waals surface area contributed by atoms with E-state index in [2.05, 4.69) is 9.97 Å². The van der Waals surface area contributed by atoms with Gasteiger partial charge in [0.1, 0.15) is 11.6 Å². The first-order chi connectivity index (χ1) is 15.4. The van der Waals surface area contributed by atoms with Gasteiger partial charge in [0, 0.05) is 50.6 Å². The second kappa shape index (κ2) is 8.97.